The van der Waals surface area contributed by atoms with Crippen LogP contribution in [0.4, 0.5) is 0 Å². The van der Waals surface area contributed by atoms with Crippen LogP contribution in [-0.2, 0) is 9.53 Å². The van der Waals surface area contributed by atoms with Crippen molar-refractivity contribution in [3.8, 4) is 0 Å². The van der Waals surface area contributed by atoms with Crippen molar-refractivity contribution in [2.24, 2.45) is 0 Å². The van der Waals surface area contributed by atoms with Crippen LogP contribution in [0.5, 0.6) is 0 Å². The van der Waals surface area contributed by atoms with E-state index in [1.165, 1.54) is 83.5 Å². The average Bonchev–Trinajstić information content (AvgIpc) is 2.58. The fourth-order valence-electron chi connectivity index (χ4n) is 3.09. The highest BCUT2D eigenvalue weighted by atomic mass is 16.5. The number of hydrogen-bond donors (Lipinski definition) is 1. The van der Waals surface area contributed by atoms with Crippen LogP contribution in [0.2, 0.25) is 0 Å². The minimum atomic E-state index is -0.325. The lowest BCUT2D eigenvalue weighted by Crippen LogP contribution is -2.41. The Kier molecular flexibility index (Phi) is 15.8. The minimum absolute atomic E-state index is 0.00707. The third-order valence-corrected chi connectivity index (χ3v) is 5.01. The van der Waals surface area contributed by atoms with E-state index in [2.05, 4.69) is 32.7 Å². The highest BCUT2D eigenvalue weighted by molar-refractivity contribution is 5.86. The molecule has 0 spiro atoms. The molecule has 0 aliphatic heterocycles. The average molecular weight is 368 g/mol. The molecule has 0 aromatic heterocycles. The van der Waals surface area contributed by atoms with Gasteiger partial charge in [0.05, 0.1) is 0 Å². The summed E-state index contributed by atoms with van der Waals surface area (Å²) in [5.41, 5.74) is 0.453. The summed E-state index contributed by atoms with van der Waals surface area (Å²) in [6.07, 6.45) is 19.1. The van der Waals surface area contributed by atoms with Gasteiger partial charge in [-0.1, -0.05) is 97.0 Å². The molecule has 0 rings (SSSR count). The van der Waals surface area contributed by atoms with Crippen molar-refractivity contribution >= 4 is 5.97 Å². The molecule has 0 heterocycles. The van der Waals surface area contributed by atoms with Crippen LogP contribution < -0.4 is 5.32 Å². The van der Waals surface area contributed by atoms with Crippen LogP contribution in [-0.4, -0.2) is 18.2 Å². The standard InChI is InChI=1S/C23H45NO2/c1-6-7-8-9-10-11-12-13-14-15-16-17-18-19-23(4,5)24-20-26-22(25)21(2)3/h24H,2,6-20H2,1,3-5H3. The number of esters is 1. The van der Waals surface area contributed by atoms with Crippen LogP contribution in [0.25, 0.3) is 0 Å². The number of carbonyl (C=O) groups excluding carboxylic acids is 1. The topological polar surface area (TPSA) is 38.3 Å². The van der Waals surface area contributed by atoms with E-state index in [0.717, 1.165) is 6.42 Å². The van der Waals surface area contributed by atoms with E-state index in [4.69, 9.17) is 4.74 Å². The molecule has 1 N–H and O–H groups in total. The third-order valence-electron chi connectivity index (χ3n) is 5.01. The molecule has 0 unspecified atom stereocenters. The van der Waals surface area contributed by atoms with E-state index < -0.39 is 0 Å². The molecule has 0 atom stereocenters. The molecular weight excluding hydrogens is 322 g/mol. The van der Waals surface area contributed by atoms with Gasteiger partial charge in [0.25, 0.3) is 0 Å². The molecular formula is C23H45NO2. The summed E-state index contributed by atoms with van der Waals surface area (Å²) in [7, 11) is 0. The summed E-state index contributed by atoms with van der Waals surface area (Å²) in [6.45, 7) is 12.1. The Labute approximate surface area is 163 Å². The van der Waals surface area contributed by atoms with Crippen molar-refractivity contribution in [1.29, 1.82) is 0 Å². The first-order valence-corrected chi connectivity index (χ1v) is 11.0. The quantitative estimate of drug-likeness (QED) is 0.124. The van der Waals surface area contributed by atoms with Gasteiger partial charge in [-0.05, 0) is 27.2 Å². The number of unbranched alkanes of at least 4 members (excludes halogenated alkanes) is 12. The van der Waals surface area contributed by atoms with Crippen molar-refractivity contribution in [3.63, 3.8) is 0 Å². The van der Waals surface area contributed by atoms with Gasteiger partial charge in [-0.15, -0.1) is 0 Å². The first kappa shape index (κ1) is 25.2. The van der Waals surface area contributed by atoms with E-state index in [-0.39, 0.29) is 18.2 Å². The Morgan fingerprint density at radius 3 is 1.69 bits per heavy atom. The van der Waals surface area contributed by atoms with Crippen LogP contribution >= 0.6 is 0 Å². The van der Waals surface area contributed by atoms with Crippen LogP contribution in [0.15, 0.2) is 12.2 Å². The first-order valence-electron chi connectivity index (χ1n) is 11.0. The van der Waals surface area contributed by atoms with Crippen molar-refractivity contribution in [2.75, 3.05) is 6.73 Å². The molecule has 0 saturated heterocycles. The SMILES string of the molecule is C=C(C)C(=O)OCNC(C)(C)CCCCCCCCCCCCCCC. The Hall–Kier alpha value is -0.830. The van der Waals surface area contributed by atoms with Crippen molar-refractivity contribution < 1.29 is 9.53 Å². The van der Waals surface area contributed by atoms with E-state index in [1.54, 1.807) is 6.92 Å². The summed E-state index contributed by atoms with van der Waals surface area (Å²) in [4.78, 5) is 11.4. The molecule has 0 aromatic carbocycles. The molecule has 0 radical (unpaired) electrons. The Morgan fingerprint density at radius 1 is 0.846 bits per heavy atom. The molecule has 0 aliphatic rings. The summed E-state index contributed by atoms with van der Waals surface area (Å²) in [5.74, 6) is -0.325. The summed E-state index contributed by atoms with van der Waals surface area (Å²) < 4.78 is 5.11. The lowest BCUT2D eigenvalue weighted by molar-refractivity contribution is -0.140. The Bertz CT molecular complexity index is 363. The van der Waals surface area contributed by atoms with Crippen molar-refractivity contribution in [3.05, 3.63) is 12.2 Å². The fraction of sp³-hybridized carbons (Fsp3) is 0.870. The second-order valence-electron chi connectivity index (χ2n) is 8.41. The predicted molar refractivity (Wildman–Crippen MR) is 113 cm³/mol. The van der Waals surface area contributed by atoms with Crippen LogP contribution in [0.1, 0.15) is 118 Å². The van der Waals surface area contributed by atoms with Gasteiger partial charge in [0.2, 0.25) is 0 Å². The zero-order chi connectivity index (χ0) is 19.7. The molecule has 154 valence electrons. The van der Waals surface area contributed by atoms with E-state index >= 15 is 0 Å². The first-order chi connectivity index (χ1) is 12.4. The van der Waals surface area contributed by atoms with Gasteiger partial charge < -0.3 is 4.74 Å². The normalized spacial score (nSPS) is 11.5. The number of carbonyl (C=O) groups is 1. The second-order valence-corrected chi connectivity index (χ2v) is 8.41. The molecule has 3 heteroatoms. The van der Waals surface area contributed by atoms with Gasteiger partial charge in [-0.2, -0.15) is 0 Å². The van der Waals surface area contributed by atoms with Gasteiger partial charge in [0, 0.05) is 11.1 Å². The maximum atomic E-state index is 11.4. The smallest absolute Gasteiger partial charge is 0.334 e. The Balaban J connectivity index is 3.39. The van der Waals surface area contributed by atoms with Gasteiger partial charge in [-0.25, -0.2) is 4.79 Å². The molecule has 26 heavy (non-hydrogen) atoms. The molecule has 0 bridgehead atoms. The van der Waals surface area contributed by atoms with Gasteiger partial charge >= 0.3 is 5.97 Å². The second kappa shape index (κ2) is 16.4. The van der Waals surface area contributed by atoms with Crippen LogP contribution in [0.3, 0.4) is 0 Å². The van der Waals surface area contributed by atoms with Crippen molar-refractivity contribution in [2.45, 2.75) is 123 Å². The van der Waals surface area contributed by atoms with Gasteiger partial charge in [-0.3, -0.25) is 5.32 Å². The number of nitrogens with one attached hydrogen (secondary N) is 1. The maximum Gasteiger partial charge on any atom is 0.334 e. The highest BCUT2D eigenvalue weighted by Crippen LogP contribution is 2.16. The molecule has 3 nitrogen and oxygen atoms in total. The van der Waals surface area contributed by atoms with Crippen molar-refractivity contribution in [1.82, 2.24) is 5.32 Å². The van der Waals surface area contributed by atoms with Crippen LogP contribution in [0, 0.1) is 0 Å². The number of ether oxygens (including phenoxy) is 1. The lowest BCUT2D eigenvalue weighted by Gasteiger charge is -2.26. The summed E-state index contributed by atoms with van der Waals surface area (Å²) >= 11 is 0. The summed E-state index contributed by atoms with van der Waals surface area (Å²) in [5, 5.41) is 3.30. The van der Waals surface area contributed by atoms with Gasteiger partial charge in [0.15, 0.2) is 0 Å². The lowest BCUT2D eigenvalue weighted by atomic mass is 9.96. The zero-order valence-electron chi connectivity index (χ0n) is 18.1. The molecule has 0 saturated carbocycles. The van der Waals surface area contributed by atoms with E-state index in [9.17, 15) is 4.79 Å². The maximum absolute atomic E-state index is 11.4. The monoisotopic (exact) mass is 367 g/mol. The fourth-order valence-corrected chi connectivity index (χ4v) is 3.09. The highest BCUT2D eigenvalue weighted by Gasteiger charge is 2.16. The molecule has 0 amide bonds. The third kappa shape index (κ3) is 16.6. The largest absolute Gasteiger partial charge is 0.446 e. The number of rotatable bonds is 18. The minimum Gasteiger partial charge on any atom is -0.446 e. The molecule has 0 fully saturated rings. The van der Waals surface area contributed by atoms with E-state index in [1.807, 2.05) is 0 Å². The van der Waals surface area contributed by atoms with Gasteiger partial charge in [0.1, 0.15) is 6.73 Å². The molecule has 0 aromatic rings. The van der Waals surface area contributed by atoms with E-state index in [0.29, 0.717) is 5.57 Å². The summed E-state index contributed by atoms with van der Waals surface area (Å²) in [6, 6.07) is 0. The number of hydrogen-bond acceptors (Lipinski definition) is 3. The molecule has 0 aliphatic carbocycles. The zero-order valence-corrected chi connectivity index (χ0v) is 18.1. The Morgan fingerprint density at radius 2 is 1.27 bits per heavy atom. The predicted octanol–water partition coefficient (Wildman–Crippen LogP) is 6.91.